The SMILES string of the molecule is Cc1cc(C)c(C(C)NCc2cccc(C#N)c2)c(C)n1. The molecular formula is C18H21N3. The summed E-state index contributed by atoms with van der Waals surface area (Å²) < 4.78 is 0. The van der Waals surface area contributed by atoms with Crippen LogP contribution in [0.5, 0.6) is 0 Å². The predicted octanol–water partition coefficient (Wildman–Crippen LogP) is 3.73. The molecule has 3 nitrogen and oxygen atoms in total. The molecule has 1 unspecified atom stereocenters. The first-order chi connectivity index (χ1) is 10.0. The molecule has 0 bridgehead atoms. The normalized spacial score (nSPS) is 12.0. The Morgan fingerprint density at radius 2 is 2.00 bits per heavy atom. The van der Waals surface area contributed by atoms with Gasteiger partial charge in [-0.1, -0.05) is 12.1 Å². The molecule has 0 aliphatic heterocycles. The summed E-state index contributed by atoms with van der Waals surface area (Å²) in [5.41, 5.74) is 6.49. The summed E-state index contributed by atoms with van der Waals surface area (Å²) >= 11 is 0. The highest BCUT2D eigenvalue weighted by atomic mass is 14.9. The van der Waals surface area contributed by atoms with E-state index in [4.69, 9.17) is 5.26 Å². The van der Waals surface area contributed by atoms with Crippen LogP contribution in [0.2, 0.25) is 0 Å². The average Bonchev–Trinajstić information content (AvgIpc) is 2.44. The highest BCUT2D eigenvalue weighted by Gasteiger charge is 2.12. The van der Waals surface area contributed by atoms with Crippen LogP contribution < -0.4 is 5.32 Å². The second-order valence-electron chi connectivity index (χ2n) is 5.49. The van der Waals surface area contributed by atoms with Gasteiger partial charge >= 0.3 is 0 Å². The van der Waals surface area contributed by atoms with E-state index in [1.54, 1.807) is 0 Å². The first-order valence-corrected chi connectivity index (χ1v) is 7.18. The van der Waals surface area contributed by atoms with Gasteiger partial charge in [0.05, 0.1) is 11.6 Å². The lowest BCUT2D eigenvalue weighted by Crippen LogP contribution is -2.20. The smallest absolute Gasteiger partial charge is 0.0991 e. The van der Waals surface area contributed by atoms with E-state index >= 15 is 0 Å². The molecule has 2 aromatic rings. The van der Waals surface area contributed by atoms with Crippen molar-refractivity contribution in [1.29, 1.82) is 5.26 Å². The summed E-state index contributed by atoms with van der Waals surface area (Å²) in [5.74, 6) is 0. The molecule has 0 radical (unpaired) electrons. The van der Waals surface area contributed by atoms with Crippen LogP contribution in [0.15, 0.2) is 30.3 Å². The van der Waals surface area contributed by atoms with Crippen LogP contribution in [-0.4, -0.2) is 4.98 Å². The Balaban J connectivity index is 2.12. The molecule has 0 saturated carbocycles. The predicted molar refractivity (Wildman–Crippen MR) is 84.9 cm³/mol. The van der Waals surface area contributed by atoms with Gasteiger partial charge in [0, 0.05) is 24.0 Å². The van der Waals surface area contributed by atoms with E-state index in [-0.39, 0.29) is 6.04 Å². The Morgan fingerprint density at radius 1 is 1.24 bits per heavy atom. The van der Waals surface area contributed by atoms with Crippen LogP contribution in [0.3, 0.4) is 0 Å². The molecule has 1 aromatic heterocycles. The lowest BCUT2D eigenvalue weighted by atomic mass is 10.00. The summed E-state index contributed by atoms with van der Waals surface area (Å²) in [5, 5.41) is 12.5. The van der Waals surface area contributed by atoms with E-state index < -0.39 is 0 Å². The van der Waals surface area contributed by atoms with Crippen LogP contribution in [0, 0.1) is 32.1 Å². The number of nitrogens with one attached hydrogen (secondary N) is 1. The first kappa shape index (κ1) is 15.2. The lowest BCUT2D eigenvalue weighted by Gasteiger charge is -2.19. The van der Waals surface area contributed by atoms with Gasteiger partial charge in [0.15, 0.2) is 0 Å². The molecule has 108 valence electrons. The first-order valence-electron chi connectivity index (χ1n) is 7.18. The van der Waals surface area contributed by atoms with Gasteiger partial charge in [0.2, 0.25) is 0 Å². The third kappa shape index (κ3) is 3.68. The number of nitrogens with zero attached hydrogens (tertiary/aromatic N) is 2. The van der Waals surface area contributed by atoms with Crippen molar-refractivity contribution < 1.29 is 0 Å². The Bertz CT molecular complexity index is 660. The molecule has 1 atom stereocenters. The zero-order valence-corrected chi connectivity index (χ0v) is 13.1. The monoisotopic (exact) mass is 279 g/mol. The van der Waals surface area contributed by atoms with Gasteiger partial charge in [-0.2, -0.15) is 5.26 Å². The van der Waals surface area contributed by atoms with Crippen molar-refractivity contribution in [3.63, 3.8) is 0 Å². The maximum atomic E-state index is 8.94. The van der Waals surface area contributed by atoms with E-state index in [0.29, 0.717) is 5.56 Å². The van der Waals surface area contributed by atoms with Crippen molar-refractivity contribution in [2.24, 2.45) is 0 Å². The van der Waals surface area contributed by atoms with Crippen molar-refractivity contribution >= 4 is 0 Å². The summed E-state index contributed by atoms with van der Waals surface area (Å²) in [6.07, 6.45) is 0. The molecule has 1 aromatic carbocycles. The summed E-state index contributed by atoms with van der Waals surface area (Å²) in [4.78, 5) is 4.55. The van der Waals surface area contributed by atoms with Crippen molar-refractivity contribution in [3.05, 3.63) is 64.0 Å². The molecule has 21 heavy (non-hydrogen) atoms. The maximum Gasteiger partial charge on any atom is 0.0991 e. The highest BCUT2D eigenvalue weighted by molar-refractivity contribution is 5.35. The molecule has 0 amide bonds. The van der Waals surface area contributed by atoms with Gasteiger partial charge in [-0.25, -0.2) is 0 Å². The van der Waals surface area contributed by atoms with E-state index in [1.165, 1.54) is 11.1 Å². The maximum absolute atomic E-state index is 8.94. The fourth-order valence-corrected chi connectivity index (χ4v) is 2.81. The molecule has 2 rings (SSSR count). The molecule has 0 spiro atoms. The van der Waals surface area contributed by atoms with Crippen LogP contribution in [0.1, 0.15) is 46.6 Å². The molecule has 0 saturated heterocycles. The Kier molecular flexibility index (Phi) is 4.72. The average molecular weight is 279 g/mol. The van der Waals surface area contributed by atoms with E-state index in [0.717, 1.165) is 23.5 Å². The molecule has 0 aliphatic carbocycles. The summed E-state index contributed by atoms with van der Waals surface area (Å²) in [6, 6.07) is 12.2. The van der Waals surface area contributed by atoms with Crippen molar-refractivity contribution in [2.75, 3.05) is 0 Å². The quantitative estimate of drug-likeness (QED) is 0.927. The molecular weight excluding hydrogens is 258 g/mol. The van der Waals surface area contributed by atoms with Crippen molar-refractivity contribution in [1.82, 2.24) is 10.3 Å². The Labute approximate surface area is 126 Å². The van der Waals surface area contributed by atoms with Crippen LogP contribution in [0.25, 0.3) is 0 Å². The van der Waals surface area contributed by atoms with Crippen molar-refractivity contribution in [2.45, 2.75) is 40.3 Å². The van der Waals surface area contributed by atoms with E-state index in [9.17, 15) is 0 Å². The highest BCUT2D eigenvalue weighted by Crippen LogP contribution is 2.21. The fourth-order valence-electron chi connectivity index (χ4n) is 2.81. The minimum absolute atomic E-state index is 0.226. The fraction of sp³-hybridized carbons (Fsp3) is 0.333. The number of hydrogen-bond donors (Lipinski definition) is 1. The second-order valence-corrected chi connectivity index (χ2v) is 5.49. The third-order valence-corrected chi connectivity index (χ3v) is 3.69. The van der Waals surface area contributed by atoms with Gasteiger partial charge < -0.3 is 5.32 Å². The molecule has 3 heteroatoms. The number of aryl methyl sites for hydroxylation is 3. The van der Waals surface area contributed by atoms with Crippen LogP contribution in [-0.2, 0) is 6.54 Å². The number of rotatable bonds is 4. The number of nitriles is 1. The van der Waals surface area contributed by atoms with Crippen LogP contribution >= 0.6 is 0 Å². The van der Waals surface area contributed by atoms with Crippen LogP contribution in [0.4, 0.5) is 0 Å². The molecule has 1 N–H and O–H groups in total. The van der Waals surface area contributed by atoms with Gasteiger partial charge in [-0.05, 0) is 62.6 Å². The van der Waals surface area contributed by atoms with Gasteiger partial charge in [0.1, 0.15) is 0 Å². The van der Waals surface area contributed by atoms with E-state index in [2.05, 4.69) is 43.2 Å². The number of pyridine rings is 1. The minimum Gasteiger partial charge on any atom is -0.306 e. The molecule has 0 fully saturated rings. The zero-order chi connectivity index (χ0) is 15.4. The molecule has 1 heterocycles. The lowest BCUT2D eigenvalue weighted by molar-refractivity contribution is 0.566. The van der Waals surface area contributed by atoms with Gasteiger partial charge in [-0.15, -0.1) is 0 Å². The number of benzene rings is 1. The third-order valence-electron chi connectivity index (χ3n) is 3.69. The summed E-state index contributed by atoms with van der Waals surface area (Å²) in [6.45, 7) is 9.11. The molecule has 0 aliphatic rings. The largest absolute Gasteiger partial charge is 0.306 e. The number of hydrogen-bond acceptors (Lipinski definition) is 3. The second kappa shape index (κ2) is 6.51. The minimum atomic E-state index is 0.226. The number of aromatic nitrogens is 1. The Morgan fingerprint density at radius 3 is 2.67 bits per heavy atom. The van der Waals surface area contributed by atoms with Gasteiger partial charge in [-0.3, -0.25) is 4.98 Å². The Hall–Kier alpha value is -2.18. The van der Waals surface area contributed by atoms with E-state index in [1.807, 2.05) is 31.2 Å². The topological polar surface area (TPSA) is 48.7 Å². The zero-order valence-electron chi connectivity index (χ0n) is 13.1. The van der Waals surface area contributed by atoms with Crippen molar-refractivity contribution in [3.8, 4) is 6.07 Å². The van der Waals surface area contributed by atoms with Gasteiger partial charge in [0.25, 0.3) is 0 Å². The summed E-state index contributed by atoms with van der Waals surface area (Å²) in [7, 11) is 0. The standard InChI is InChI=1S/C18H21N3/c1-12-8-13(2)21-15(4)18(12)14(3)20-11-17-7-5-6-16(9-17)10-19/h5-9,14,20H,11H2,1-4H3.